The molecule has 1 aliphatic heterocycles. The molecule has 3 rings (SSSR count). The summed E-state index contributed by atoms with van der Waals surface area (Å²) in [6.45, 7) is 1.17. The highest BCUT2D eigenvalue weighted by Crippen LogP contribution is 2.30. The lowest BCUT2D eigenvalue weighted by atomic mass is 10.0. The van der Waals surface area contributed by atoms with Crippen molar-refractivity contribution in [3.8, 4) is 11.5 Å². The van der Waals surface area contributed by atoms with Gasteiger partial charge in [0.1, 0.15) is 0 Å². The first-order valence-corrected chi connectivity index (χ1v) is 7.04. The fourth-order valence-electron chi connectivity index (χ4n) is 2.75. The topological polar surface area (TPSA) is 60.8 Å². The molecular weight excluding hydrogens is 266 g/mol. The molecule has 1 aliphatic rings. The number of hydrogen-bond donors (Lipinski definition) is 2. The molecule has 0 saturated heterocycles. The van der Waals surface area contributed by atoms with Crippen molar-refractivity contribution in [3.63, 3.8) is 0 Å². The van der Waals surface area contributed by atoms with Crippen LogP contribution in [0.3, 0.4) is 0 Å². The van der Waals surface area contributed by atoms with E-state index in [0.717, 1.165) is 18.4 Å². The van der Waals surface area contributed by atoms with Crippen molar-refractivity contribution in [1.82, 2.24) is 4.90 Å². The second kappa shape index (κ2) is 5.48. The highest BCUT2D eigenvalue weighted by Gasteiger charge is 2.23. The lowest BCUT2D eigenvalue weighted by Gasteiger charge is -2.21. The Morgan fingerprint density at radius 2 is 1.76 bits per heavy atom. The number of para-hydroxylation sites is 1. The third-order valence-corrected chi connectivity index (χ3v) is 3.89. The van der Waals surface area contributed by atoms with E-state index in [1.54, 1.807) is 11.0 Å². The molecule has 0 radical (unpaired) electrons. The predicted octanol–water partition coefficient (Wildman–Crippen LogP) is 2.69. The quantitative estimate of drug-likeness (QED) is 0.791. The molecule has 4 nitrogen and oxygen atoms in total. The molecule has 0 bridgehead atoms. The number of aromatic hydroxyl groups is 2. The van der Waals surface area contributed by atoms with E-state index in [0.29, 0.717) is 13.1 Å². The number of rotatable bonds is 1. The Balaban J connectivity index is 1.90. The van der Waals surface area contributed by atoms with Crippen molar-refractivity contribution in [1.29, 1.82) is 0 Å². The van der Waals surface area contributed by atoms with Crippen LogP contribution in [0.4, 0.5) is 0 Å². The third kappa shape index (κ3) is 2.57. The molecular formula is C17H17NO3. The summed E-state index contributed by atoms with van der Waals surface area (Å²) >= 11 is 0. The van der Waals surface area contributed by atoms with Gasteiger partial charge in [0.2, 0.25) is 0 Å². The van der Waals surface area contributed by atoms with Crippen LogP contribution < -0.4 is 0 Å². The first-order valence-electron chi connectivity index (χ1n) is 7.04. The molecule has 0 saturated carbocycles. The van der Waals surface area contributed by atoms with E-state index in [1.807, 2.05) is 18.2 Å². The average molecular weight is 283 g/mol. The Morgan fingerprint density at radius 1 is 1.00 bits per heavy atom. The zero-order valence-electron chi connectivity index (χ0n) is 11.6. The largest absolute Gasteiger partial charge is 0.504 e. The number of fused-ring (bicyclic) bond motifs is 1. The molecule has 1 heterocycles. The zero-order valence-corrected chi connectivity index (χ0v) is 11.6. The van der Waals surface area contributed by atoms with Crippen LogP contribution in [-0.2, 0) is 13.0 Å². The molecule has 0 atom stereocenters. The highest BCUT2D eigenvalue weighted by atomic mass is 16.3. The molecule has 0 aromatic heterocycles. The van der Waals surface area contributed by atoms with Crippen LogP contribution in [0.25, 0.3) is 0 Å². The normalized spacial score (nSPS) is 14.4. The van der Waals surface area contributed by atoms with Gasteiger partial charge in [0.15, 0.2) is 11.5 Å². The molecule has 0 spiro atoms. The molecule has 1 amide bonds. The summed E-state index contributed by atoms with van der Waals surface area (Å²) in [5, 5.41) is 19.4. The number of benzene rings is 2. The van der Waals surface area contributed by atoms with Crippen molar-refractivity contribution in [2.75, 3.05) is 6.54 Å². The number of phenolic OH excluding ortho intramolecular Hbond substituents is 2. The lowest BCUT2D eigenvalue weighted by Crippen LogP contribution is -2.30. The Bertz CT molecular complexity index is 681. The average Bonchev–Trinajstić information content (AvgIpc) is 2.71. The van der Waals surface area contributed by atoms with E-state index in [2.05, 4.69) is 6.07 Å². The minimum Gasteiger partial charge on any atom is -0.504 e. The van der Waals surface area contributed by atoms with E-state index in [1.165, 1.54) is 17.7 Å². The monoisotopic (exact) mass is 283 g/mol. The van der Waals surface area contributed by atoms with Crippen molar-refractivity contribution < 1.29 is 15.0 Å². The number of aryl methyl sites for hydroxylation is 1. The van der Waals surface area contributed by atoms with Crippen molar-refractivity contribution in [2.45, 2.75) is 19.4 Å². The number of hydrogen-bond acceptors (Lipinski definition) is 3. The van der Waals surface area contributed by atoms with Gasteiger partial charge in [0.05, 0.1) is 5.56 Å². The zero-order chi connectivity index (χ0) is 14.8. The molecule has 21 heavy (non-hydrogen) atoms. The van der Waals surface area contributed by atoms with Crippen LogP contribution in [0.2, 0.25) is 0 Å². The van der Waals surface area contributed by atoms with Crippen molar-refractivity contribution in [2.24, 2.45) is 0 Å². The van der Waals surface area contributed by atoms with E-state index < -0.39 is 0 Å². The van der Waals surface area contributed by atoms with Gasteiger partial charge in [-0.2, -0.15) is 0 Å². The Hall–Kier alpha value is -2.49. The summed E-state index contributed by atoms with van der Waals surface area (Å²) < 4.78 is 0. The van der Waals surface area contributed by atoms with Crippen molar-refractivity contribution in [3.05, 3.63) is 59.2 Å². The number of phenols is 2. The van der Waals surface area contributed by atoms with Gasteiger partial charge in [0.25, 0.3) is 5.91 Å². The fraction of sp³-hybridized carbons (Fsp3) is 0.235. The van der Waals surface area contributed by atoms with Crippen LogP contribution in [0, 0.1) is 0 Å². The molecule has 2 aromatic rings. The van der Waals surface area contributed by atoms with Crippen LogP contribution in [0.5, 0.6) is 11.5 Å². The van der Waals surface area contributed by atoms with Crippen LogP contribution in [-0.4, -0.2) is 27.6 Å². The SMILES string of the molecule is O=C(c1cccc(O)c1O)N1CCCc2ccccc2C1. The van der Waals surface area contributed by atoms with Gasteiger partial charge in [-0.25, -0.2) is 0 Å². The Kier molecular flexibility index (Phi) is 3.52. The summed E-state index contributed by atoms with van der Waals surface area (Å²) in [5.41, 5.74) is 2.56. The lowest BCUT2D eigenvalue weighted by molar-refractivity contribution is 0.0742. The summed E-state index contributed by atoms with van der Waals surface area (Å²) in [6.07, 6.45) is 1.84. The molecule has 2 N–H and O–H groups in total. The molecule has 0 unspecified atom stereocenters. The van der Waals surface area contributed by atoms with Crippen LogP contribution in [0.1, 0.15) is 27.9 Å². The summed E-state index contributed by atoms with van der Waals surface area (Å²) in [4.78, 5) is 14.3. The summed E-state index contributed by atoms with van der Waals surface area (Å²) in [5.74, 6) is -0.865. The summed E-state index contributed by atoms with van der Waals surface area (Å²) in [6, 6.07) is 12.6. The van der Waals surface area contributed by atoms with Gasteiger partial charge < -0.3 is 15.1 Å². The second-order valence-electron chi connectivity index (χ2n) is 5.27. The van der Waals surface area contributed by atoms with Crippen LogP contribution >= 0.6 is 0 Å². The Labute approximate surface area is 123 Å². The van der Waals surface area contributed by atoms with Gasteiger partial charge in [-0.05, 0) is 36.1 Å². The van der Waals surface area contributed by atoms with Gasteiger partial charge in [0, 0.05) is 13.1 Å². The van der Waals surface area contributed by atoms with Gasteiger partial charge in [-0.1, -0.05) is 30.3 Å². The maximum atomic E-state index is 12.6. The van der Waals surface area contributed by atoms with Gasteiger partial charge >= 0.3 is 0 Å². The minimum atomic E-state index is -0.347. The molecule has 4 heteroatoms. The maximum absolute atomic E-state index is 12.6. The van der Waals surface area contributed by atoms with E-state index in [9.17, 15) is 15.0 Å². The second-order valence-corrected chi connectivity index (χ2v) is 5.27. The maximum Gasteiger partial charge on any atom is 0.258 e. The molecule has 108 valence electrons. The number of carbonyl (C=O) groups is 1. The number of nitrogens with zero attached hydrogens (tertiary/aromatic N) is 1. The molecule has 0 fully saturated rings. The number of amides is 1. The standard InChI is InChI=1S/C17H17NO3/c19-15-9-3-8-14(16(15)20)17(21)18-10-4-7-12-5-1-2-6-13(12)11-18/h1-3,5-6,8-9,19-20H,4,7,10-11H2. The smallest absolute Gasteiger partial charge is 0.258 e. The minimum absolute atomic E-state index is 0.148. The van der Waals surface area contributed by atoms with Gasteiger partial charge in [-0.15, -0.1) is 0 Å². The van der Waals surface area contributed by atoms with Gasteiger partial charge in [-0.3, -0.25) is 4.79 Å². The predicted molar refractivity (Wildman–Crippen MR) is 79.3 cm³/mol. The van der Waals surface area contributed by atoms with Crippen LogP contribution in [0.15, 0.2) is 42.5 Å². The number of carbonyl (C=O) groups excluding carboxylic acids is 1. The van der Waals surface area contributed by atoms with E-state index >= 15 is 0 Å². The molecule has 0 aliphatic carbocycles. The van der Waals surface area contributed by atoms with Crippen molar-refractivity contribution >= 4 is 5.91 Å². The van der Waals surface area contributed by atoms with E-state index in [-0.39, 0.29) is 23.0 Å². The summed E-state index contributed by atoms with van der Waals surface area (Å²) in [7, 11) is 0. The first kappa shape index (κ1) is 13.5. The molecule has 2 aromatic carbocycles. The fourth-order valence-corrected chi connectivity index (χ4v) is 2.75. The first-order chi connectivity index (χ1) is 10.2. The Morgan fingerprint density at radius 3 is 2.57 bits per heavy atom. The highest BCUT2D eigenvalue weighted by molar-refractivity contribution is 5.97. The van der Waals surface area contributed by atoms with E-state index in [4.69, 9.17) is 0 Å². The third-order valence-electron chi connectivity index (χ3n) is 3.89.